The molecule has 0 bridgehead atoms. The normalized spacial score (nSPS) is 11.8. The molecule has 0 fully saturated rings. The third kappa shape index (κ3) is 4.08. The second-order valence-electron chi connectivity index (χ2n) is 4.38. The van der Waals surface area contributed by atoms with Gasteiger partial charge in [-0.05, 0) is 17.7 Å². The molecule has 6 nitrogen and oxygen atoms in total. The third-order valence-electron chi connectivity index (χ3n) is 2.70. The molecule has 0 saturated carbocycles. The van der Waals surface area contributed by atoms with Crippen molar-refractivity contribution in [1.82, 2.24) is 9.55 Å². The van der Waals surface area contributed by atoms with Crippen molar-refractivity contribution in [2.45, 2.75) is 12.7 Å². The highest BCUT2D eigenvalue weighted by Crippen LogP contribution is 2.29. The molecular weight excluding hydrogens is 297 g/mol. The van der Waals surface area contributed by atoms with E-state index >= 15 is 0 Å². The first-order chi connectivity index (χ1) is 10.4. The number of halogens is 3. The molecule has 1 heterocycles. The number of alkyl halides is 3. The molecule has 0 spiro atoms. The molecule has 1 aromatic heterocycles. The van der Waals surface area contributed by atoms with Crippen LogP contribution in [0.15, 0.2) is 46.9 Å². The van der Waals surface area contributed by atoms with Gasteiger partial charge in [-0.2, -0.15) is 18.3 Å². The Balaban J connectivity index is 2.20. The van der Waals surface area contributed by atoms with Crippen molar-refractivity contribution in [3.8, 4) is 0 Å². The quantitative estimate of drug-likeness (QED) is 0.509. The van der Waals surface area contributed by atoms with Gasteiger partial charge in [0.15, 0.2) is 5.82 Å². The monoisotopic (exact) mass is 310 g/mol. The van der Waals surface area contributed by atoms with Crippen molar-refractivity contribution in [3.63, 3.8) is 0 Å². The lowest BCUT2D eigenvalue weighted by atomic mass is 10.1. The van der Waals surface area contributed by atoms with Crippen LogP contribution >= 0.6 is 0 Å². The Morgan fingerprint density at radius 2 is 2.09 bits per heavy atom. The number of nitrogens with zero attached hydrogens (tertiary/aromatic N) is 4. The molecule has 0 aliphatic carbocycles. The molecule has 0 atom stereocenters. The van der Waals surface area contributed by atoms with E-state index < -0.39 is 11.7 Å². The van der Waals surface area contributed by atoms with Crippen molar-refractivity contribution in [2.75, 3.05) is 0 Å². The van der Waals surface area contributed by atoms with Crippen LogP contribution in [-0.4, -0.2) is 21.7 Å². The van der Waals surface area contributed by atoms with Gasteiger partial charge >= 0.3 is 6.18 Å². The topological polar surface area (TPSA) is 94.6 Å². The fourth-order valence-corrected chi connectivity index (χ4v) is 1.77. The van der Waals surface area contributed by atoms with Crippen LogP contribution in [0.1, 0.15) is 17.0 Å². The van der Waals surface area contributed by atoms with Gasteiger partial charge in [0.1, 0.15) is 0 Å². The van der Waals surface area contributed by atoms with E-state index in [-0.39, 0.29) is 12.5 Å². The van der Waals surface area contributed by atoms with Crippen molar-refractivity contribution < 1.29 is 13.2 Å². The van der Waals surface area contributed by atoms with E-state index in [0.717, 1.165) is 12.1 Å². The summed E-state index contributed by atoms with van der Waals surface area (Å²) >= 11 is 0. The van der Waals surface area contributed by atoms with Gasteiger partial charge in [-0.1, -0.05) is 12.1 Å². The first kappa shape index (κ1) is 15.5. The Bertz CT molecular complexity index is 698. The van der Waals surface area contributed by atoms with E-state index in [1.54, 1.807) is 16.8 Å². The summed E-state index contributed by atoms with van der Waals surface area (Å²) in [5.74, 6) is 0.217. The number of imidazole rings is 1. The molecule has 0 radical (unpaired) electrons. The predicted molar refractivity (Wildman–Crippen MR) is 76.2 cm³/mol. The van der Waals surface area contributed by atoms with E-state index in [1.807, 2.05) is 0 Å². The average Bonchev–Trinajstić information content (AvgIpc) is 2.85. The minimum absolute atomic E-state index is 0.202. The molecule has 2 aromatic rings. The highest BCUT2D eigenvalue weighted by atomic mass is 19.4. The summed E-state index contributed by atoms with van der Waals surface area (Å²) in [4.78, 5) is 4.02. The van der Waals surface area contributed by atoms with Crippen LogP contribution in [0.4, 0.5) is 13.2 Å². The molecule has 116 valence electrons. The standard InChI is InChI=1S/C13H13F3N6/c14-13(15,16)10-3-1-2-9(6-10)8-22-5-4-19-11(22)7-20-21-12(17)18/h1-7H,8H2,(H4,17,18,21). The number of nitrogens with two attached hydrogens (primary N) is 2. The van der Waals surface area contributed by atoms with Crippen LogP contribution in [0.2, 0.25) is 0 Å². The molecule has 9 heteroatoms. The van der Waals surface area contributed by atoms with E-state index in [4.69, 9.17) is 11.5 Å². The Kier molecular flexibility index (Phi) is 4.44. The number of benzene rings is 1. The molecule has 0 aliphatic rings. The van der Waals surface area contributed by atoms with Gasteiger partial charge in [0.25, 0.3) is 0 Å². The van der Waals surface area contributed by atoms with Crippen LogP contribution in [0.3, 0.4) is 0 Å². The van der Waals surface area contributed by atoms with Gasteiger partial charge in [-0.3, -0.25) is 0 Å². The SMILES string of the molecule is NC(N)=NN=Cc1nccn1Cc1cccc(C(F)(F)F)c1. The van der Waals surface area contributed by atoms with E-state index in [0.29, 0.717) is 11.4 Å². The highest BCUT2D eigenvalue weighted by Gasteiger charge is 2.30. The fourth-order valence-electron chi connectivity index (χ4n) is 1.77. The third-order valence-corrected chi connectivity index (χ3v) is 2.70. The molecule has 0 aliphatic heterocycles. The van der Waals surface area contributed by atoms with Gasteiger partial charge < -0.3 is 16.0 Å². The van der Waals surface area contributed by atoms with Crippen LogP contribution in [-0.2, 0) is 12.7 Å². The number of hydrogen-bond donors (Lipinski definition) is 2. The summed E-state index contributed by atoms with van der Waals surface area (Å²) in [5.41, 5.74) is 10.1. The number of hydrogen-bond acceptors (Lipinski definition) is 3. The lowest BCUT2D eigenvalue weighted by Crippen LogP contribution is -2.21. The molecule has 1 aromatic carbocycles. The van der Waals surface area contributed by atoms with Gasteiger partial charge in [-0.15, -0.1) is 5.10 Å². The van der Waals surface area contributed by atoms with Crippen LogP contribution < -0.4 is 11.5 Å². The number of rotatable bonds is 4. The summed E-state index contributed by atoms with van der Waals surface area (Å²) in [5, 5.41) is 7.06. The van der Waals surface area contributed by atoms with Gasteiger partial charge in [-0.25, -0.2) is 4.98 Å². The zero-order valence-corrected chi connectivity index (χ0v) is 11.3. The Hall–Kier alpha value is -2.84. The lowest BCUT2D eigenvalue weighted by molar-refractivity contribution is -0.137. The molecule has 0 saturated heterocycles. The van der Waals surface area contributed by atoms with Crippen molar-refractivity contribution in [1.29, 1.82) is 0 Å². The average molecular weight is 310 g/mol. The predicted octanol–water partition coefficient (Wildman–Crippen LogP) is 1.56. The summed E-state index contributed by atoms with van der Waals surface area (Å²) in [6.07, 6.45) is 0.0670. The maximum Gasteiger partial charge on any atom is 0.416 e. The van der Waals surface area contributed by atoms with Crippen molar-refractivity contribution in [2.24, 2.45) is 21.7 Å². The molecule has 0 amide bonds. The zero-order valence-electron chi connectivity index (χ0n) is 11.3. The van der Waals surface area contributed by atoms with E-state index in [1.165, 1.54) is 18.5 Å². The van der Waals surface area contributed by atoms with Crippen LogP contribution in [0, 0.1) is 0 Å². The van der Waals surface area contributed by atoms with Gasteiger partial charge in [0.05, 0.1) is 11.8 Å². The van der Waals surface area contributed by atoms with E-state index in [2.05, 4.69) is 15.2 Å². The van der Waals surface area contributed by atoms with Gasteiger partial charge in [0.2, 0.25) is 5.96 Å². The second kappa shape index (κ2) is 6.29. The maximum absolute atomic E-state index is 12.7. The molecular formula is C13H13F3N6. The molecule has 2 rings (SSSR count). The first-order valence-electron chi connectivity index (χ1n) is 6.15. The van der Waals surface area contributed by atoms with Crippen molar-refractivity contribution in [3.05, 3.63) is 53.6 Å². The number of aromatic nitrogens is 2. The summed E-state index contributed by atoms with van der Waals surface area (Å²) in [6.45, 7) is 0.215. The molecule has 0 unspecified atom stereocenters. The minimum atomic E-state index is -4.37. The Labute approximate surface area is 124 Å². The Morgan fingerprint density at radius 3 is 2.77 bits per heavy atom. The summed E-state index contributed by atoms with van der Waals surface area (Å²) < 4.78 is 39.7. The Morgan fingerprint density at radius 1 is 1.32 bits per heavy atom. The van der Waals surface area contributed by atoms with E-state index in [9.17, 15) is 13.2 Å². The lowest BCUT2D eigenvalue weighted by Gasteiger charge is -2.09. The highest BCUT2D eigenvalue weighted by molar-refractivity contribution is 5.78. The second-order valence-corrected chi connectivity index (χ2v) is 4.38. The minimum Gasteiger partial charge on any atom is -0.369 e. The number of guanidine groups is 1. The maximum atomic E-state index is 12.7. The fraction of sp³-hybridized carbons (Fsp3) is 0.154. The first-order valence-corrected chi connectivity index (χ1v) is 6.15. The smallest absolute Gasteiger partial charge is 0.369 e. The summed E-state index contributed by atoms with van der Waals surface area (Å²) in [7, 11) is 0. The molecule has 4 N–H and O–H groups in total. The molecule has 22 heavy (non-hydrogen) atoms. The van der Waals surface area contributed by atoms with Gasteiger partial charge in [0, 0.05) is 18.9 Å². The van der Waals surface area contributed by atoms with Crippen LogP contribution in [0.5, 0.6) is 0 Å². The van der Waals surface area contributed by atoms with Crippen LogP contribution in [0.25, 0.3) is 0 Å². The van der Waals surface area contributed by atoms with Crippen molar-refractivity contribution >= 4 is 12.2 Å². The largest absolute Gasteiger partial charge is 0.416 e. The summed E-state index contributed by atoms with van der Waals surface area (Å²) in [6, 6.07) is 5.09. The zero-order chi connectivity index (χ0) is 16.2.